The molecule has 2 aliphatic heterocycles. The predicted octanol–water partition coefficient (Wildman–Crippen LogP) is 1.12. The highest BCUT2D eigenvalue weighted by molar-refractivity contribution is 5.21. The Hall–Kier alpha value is -0.820. The van der Waals surface area contributed by atoms with E-state index in [4.69, 9.17) is 18.9 Å². The van der Waals surface area contributed by atoms with Crippen LogP contribution >= 0.6 is 0 Å². The molecule has 14 nitrogen and oxygen atoms in total. The van der Waals surface area contributed by atoms with Crippen LogP contribution in [0.25, 0.3) is 0 Å². The second kappa shape index (κ2) is 16.2. The molecule has 0 amide bonds. The predicted molar refractivity (Wildman–Crippen MR) is 202 cm³/mol. The van der Waals surface area contributed by atoms with Gasteiger partial charge in [-0.3, -0.25) is 0 Å². The maximum Gasteiger partial charge on any atom is 0.187 e. The van der Waals surface area contributed by atoms with Crippen molar-refractivity contribution in [3.63, 3.8) is 0 Å². The molecule has 4 saturated carbocycles. The molecule has 56 heavy (non-hydrogen) atoms. The molecule has 0 bridgehead atoms. The van der Waals surface area contributed by atoms with Gasteiger partial charge in [-0.05, 0) is 118 Å². The molecule has 0 aromatic heterocycles. The van der Waals surface area contributed by atoms with Gasteiger partial charge in [0.2, 0.25) is 0 Å². The Morgan fingerprint density at radius 3 is 1.96 bits per heavy atom. The van der Waals surface area contributed by atoms with Crippen molar-refractivity contribution in [1.29, 1.82) is 0 Å². The number of rotatable bonds is 11. The van der Waals surface area contributed by atoms with Crippen LogP contribution < -0.4 is 0 Å². The van der Waals surface area contributed by atoms with Gasteiger partial charge in [-0.2, -0.15) is 0 Å². The van der Waals surface area contributed by atoms with Gasteiger partial charge in [0.05, 0.1) is 31.0 Å². The maximum absolute atomic E-state index is 12.4. The number of allylic oxidation sites excluding steroid dienone is 2. The molecule has 0 radical (unpaired) electrons. The number of aliphatic hydroxyl groups excluding tert-OH is 10. The molecule has 0 aromatic rings. The summed E-state index contributed by atoms with van der Waals surface area (Å²) < 4.78 is 24.2. The summed E-state index contributed by atoms with van der Waals surface area (Å²) in [5, 5.41) is 109. The molecular weight excluding hydrogens is 728 g/mol. The summed E-state index contributed by atoms with van der Waals surface area (Å²) in [6.45, 7) is 13.8. The molecule has 324 valence electrons. The van der Waals surface area contributed by atoms with Crippen molar-refractivity contribution in [1.82, 2.24) is 0 Å². The van der Waals surface area contributed by atoms with Crippen molar-refractivity contribution in [2.45, 2.75) is 185 Å². The van der Waals surface area contributed by atoms with Gasteiger partial charge < -0.3 is 70.0 Å². The average molecular weight is 801 g/mol. The van der Waals surface area contributed by atoms with Crippen LogP contribution in [0.5, 0.6) is 0 Å². The molecule has 20 atom stereocenters. The van der Waals surface area contributed by atoms with E-state index in [1.54, 1.807) is 0 Å². The molecule has 0 aromatic carbocycles. The monoisotopic (exact) mass is 800 g/mol. The van der Waals surface area contributed by atoms with Crippen LogP contribution in [0, 0.1) is 45.3 Å². The summed E-state index contributed by atoms with van der Waals surface area (Å²) in [7, 11) is 0. The molecule has 2 saturated heterocycles. The van der Waals surface area contributed by atoms with Crippen molar-refractivity contribution in [2.75, 3.05) is 19.8 Å². The summed E-state index contributed by atoms with van der Waals surface area (Å²) in [6.07, 6.45) is -8.04. The van der Waals surface area contributed by atoms with E-state index in [-0.39, 0.29) is 46.5 Å². The highest BCUT2D eigenvalue weighted by Crippen LogP contribution is 2.76. The molecule has 14 heteroatoms. The van der Waals surface area contributed by atoms with E-state index in [1.807, 2.05) is 20.8 Å². The number of hydrogen-bond acceptors (Lipinski definition) is 14. The van der Waals surface area contributed by atoms with Gasteiger partial charge in [0, 0.05) is 12.0 Å². The fourth-order valence-electron chi connectivity index (χ4n) is 13.2. The molecule has 4 aliphatic carbocycles. The van der Waals surface area contributed by atoms with Gasteiger partial charge in [-0.1, -0.05) is 39.3 Å². The van der Waals surface area contributed by atoms with Crippen LogP contribution in [0.3, 0.4) is 0 Å². The standard InChI is InChI=1S/C42H72O14/c1-21(2)9-8-13-41(7,56-37-35(52)33(50)31(48)25(55-37)19-53-36-34(51)32(49)30(47)24(18-43)54-36)22-10-14-40(6)29(22)23(45)17-27-39(40,5)15-11-26-38(3,4)28(46)12-16-42(26,27)20-44/h9,22-37,43-52H,8,10-20H2,1-7H3/t22-,23+,24+,25+,26-,27-,28-,29-,30+,31+,32-,33-,34+,35+,36+,37-,39+,40+,41-,42+/m0/s1. The Kier molecular flexibility index (Phi) is 13.0. The lowest BCUT2D eigenvalue weighted by molar-refractivity contribution is -0.350. The van der Waals surface area contributed by atoms with Gasteiger partial charge >= 0.3 is 0 Å². The fourth-order valence-corrected chi connectivity index (χ4v) is 13.2. The Morgan fingerprint density at radius 2 is 1.34 bits per heavy atom. The zero-order valence-corrected chi connectivity index (χ0v) is 34.4. The zero-order valence-electron chi connectivity index (χ0n) is 34.4. The number of ether oxygens (including phenoxy) is 4. The Balaban J connectivity index is 1.27. The summed E-state index contributed by atoms with van der Waals surface area (Å²) >= 11 is 0. The lowest BCUT2D eigenvalue weighted by Gasteiger charge is -2.71. The largest absolute Gasteiger partial charge is 0.396 e. The second-order valence-corrected chi connectivity index (χ2v) is 20.0. The van der Waals surface area contributed by atoms with E-state index in [0.717, 1.165) is 31.3 Å². The van der Waals surface area contributed by atoms with E-state index in [2.05, 4.69) is 33.8 Å². The summed E-state index contributed by atoms with van der Waals surface area (Å²) in [6, 6.07) is 0. The van der Waals surface area contributed by atoms with Crippen molar-refractivity contribution in [3.05, 3.63) is 11.6 Å². The number of fused-ring (bicyclic) bond motifs is 5. The minimum Gasteiger partial charge on any atom is -0.396 e. The van der Waals surface area contributed by atoms with Gasteiger partial charge in [-0.25, -0.2) is 0 Å². The normalized spacial score (nSPS) is 51.3. The minimum atomic E-state index is -1.70. The van der Waals surface area contributed by atoms with Crippen LogP contribution in [-0.4, -0.2) is 150 Å². The fraction of sp³-hybridized carbons (Fsp3) is 0.952. The van der Waals surface area contributed by atoms with Crippen molar-refractivity contribution in [3.8, 4) is 0 Å². The van der Waals surface area contributed by atoms with E-state index < -0.39 is 97.8 Å². The Bertz CT molecular complexity index is 1390. The first kappa shape index (κ1) is 44.7. The van der Waals surface area contributed by atoms with E-state index >= 15 is 0 Å². The molecule has 6 aliphatic rings. The number of aliphatic hydroxyl groups is 10. The molecule has 0 spiro atoms. The van der Waals surface area contributed by atoms with Gasteiger partial charge in [0.25, 0.3) is 0 Å². The van der Waals surface area contributed by atoms with Crippen LogP contribution in [-0.2, 0) is 18.9 Å². The van der Waals surface area contributed by atoms with Crippen molar-refractivity contribution in [2.24, 2.45) is 45.3 Å². The first-order valence-electron chi connectivity index (χ1n) is 21.0. The van der Waals surface area contributed by atoms with Crippen molar-refractivity contribution < 1.29 is 70.0 Å². The van der Waals surface area contributed by atoms with E-state index in [9.17, 15) is 51.1 Å². The van der Waals surface area contributed by atoms with Crippen LogP contribution in [0.4, 0.5) is 0 Å². The molecule has 6 rings (SSSR count). The zero-order chi connectivity index (χ0) is 41.3. The van der Waals surface area contributed by atoms with Gasteiger partial charge in [0.15, 0.2) is 12.6 Å². The smallest absolute Gasteiger partial charge is 0.187 e. The number of hydrogen-bond donors (Lipinski definition) is 10. The first-order chi connectivity index (χ1) is 26.1. The Morgan fingerprint density at radius 1 is 0.732 bits per heavy atom. The SMILES string of the molecule is CC(C)=CCC[C@](C)(O[C@@H]1O[C@H](CO[C@@H]2O[C@H](CO)[C@@H](O)[C@H](O)[C@H]2O)[C@@H](O)[C@H](O)[C@H]1O)[C@H]1CC[C@]2(C)[C@@H]1[C@H](O)C[C@@H]1[C@@]3(CO)CC[C@H](O)C(C)(C)[C@@H]3CC[C@]12C. The van der Waals surface area contributed by atoms with Crippen molar-refractivity contribution >= 4 is 0 Å². The minimum absolute atomic E-state index is 0.0147. The molecular formula is C42H72O14. The third-order valence-electron chi connectivity index (χ3n) is 16.7. The highest BCUT2D eigenvalue weighted by Gasteiger charge is 2.72. The maximum atomic E-state index is 12.4. The average Bonchev–Trinajstić information content (AvgIpc) is 3.53. The van der Waals surface area contributed by atoms with Crippen LogP contribution in [0.2, 0.25) is 0 Å². The molecule has 2 heterocycles. The third kappa shape index (κ3) is 7.16. The van der Waals surface area contributed by atoms with E-state index in [1.165, 1.54) is 0 Å². The van der Waals surface area contributed by atoms with Crippen LogP contribution in [0.1, 0.15) is 106 Å². The molecule has 6 fully saturated rings. The van der Waals surface area contributed by atoms with Gasteiger partial charge in [0.1, 0.15) is 48.8 Å². The quantitative estimate of drug-likeness (QED) is 0.132. The molecule has 10 N–H and O–H groups in total. The third-order valence-corrected chi connectivity index (χ3v) is 16.7. The van der Waals surface area contributed by atoms with E-state index in [0.29, 0.717) is 32.1 Å². The lowest BCUT2D eigenvalue weighted by Crippen LogP contribution is -2.68. The van der Waals surface area contributed by atoms with Crippen LogP contribution in [0.15, 0.2) is 11.6 Å². The summed E-state index contributed by atoms with van der Waals surface area (Å²) in [4.78, 5) is 0. The Labute approximate surface area is 331 Å². The lowest BCUT2D eigenvalue weighted by atomic mass is 9.34. The topological polar surface area (TPSA) is 239 Å². The highest BCUT2D eigenvalue weighted by atomic mass is 16.7. The summed E-state index contributed by atoms with van der Waals surface area (Å²) in [5.74, 6) is -0.227. The second-order valence-electron chi connectivity index (χ2n) is 20.0. The first-order valence-corrected chi connectivity index (χ1v) is 21.0. The summed E-state index contributed by atoms with van der Waals surface area (Å²) in [5.41, 5.74) is -1.21. The van der Waals surface area contributed by atoms with Gasteiger partial charge in [-0.15, -0.1) is 0 Å². The molecule has 0 unspecified atom stereocenters.